The molecule has 0 bridgehead atoms. The molecule has 0 saturated heterocycles. The minimum Gasteiger partial charge on any atom is -0.462 e. The van der Waals surface area contributed by atoms with Crippen molar-refractivity contribution >= 4 is 23.5 Å². The fraction of sp³-hybridized carbons (Fsp3) is 0.111. The highest BCUT2D eigenvalue weighted by Gasteiger charge is 2.31. The molecule has 0 aromatic heterocycles. The molecule has 0 unspecified atom stereocenters. The highest BCUT2D eigenvalue weighted by atomic mass is 16.5. The second-order valence-corrected chi connectivity index (χ2v) is 7.16. The van der Waals surface area contributed by atoms with Crippen LogP contribution in [0.15, 0.2) is 96.7 Å². The fourth-order valence-corrected chi connectivity index (χ4v) is 3.68. The molecule has 4 nitrogen and oxygen atoms in total. The standard InChI is InChI=1S/C27H23NO3/c1-2-31-27(30)24(26(29)22-14-7-4-8-15-22)25-23-16-10-9-13-21(23)17-18-28(25)19-20-11-5-3-6-12-20/h3-18H,2,19H2,1H3/b25-24-. The van der Waals surface area contributed by atoms with Gasteiger partial charge >= 0.3 is 5.97 Å². The van der Waals surface area contributed by atoms with Gasteiger partial charge in [0.15, 0.2) is 0 Å². The number of hydrogen-bond acceptors (Lipinski definition) is 4. The van der Waals surface area contributed by atoms with E-state index in [0.717, 1.165) is 16.7 Å². The average molecular weight is 409 g/mol. The number of fused-ring (bicyclic) bond motifs is 1. The normalized spacial score (nSPS) is 14.0. The Kier molecular flexibility index (Phi) is 6.08. The van der Waals surface area contributed by atoms with E-state index < -0.39 is 5.97 Å². The van der Waals surface area contributed by atoms with Gasteiger partial charge in [-0.25, -0.2) is 4.79 Å². The quantitative estimate of drug-likeness (QED) is 0.181. The molecule has 0 fully saturated rings. The van der Waals surface area contributed by atoms with Crippen LogP contribution in [0.5, 0.6) is 0 Å². The first-order valence-electron chi connectivity index (χ1n) is 10.3. The Balaban J connectivity index is 1.92. The summed E-state index contributed by atoms with van der Waals surface area (Å²) in [5, 5.41) is 0. The van der Waals surface area contributed by atoms with Gasteiger partial charge in [0.1, 0.15) is 5.57 Å². The number of ether oxygens (including phenoxy) is 1. The molecule has 1 heterocycles. The first kappa shape index (κ1) is 20.4. The number of Topliss-reactive ketones (excluding diaryl/α,β-unsaturated/α-hetero) is 1. The Morgan fingerprint density at radius 1 is 0.839 bits per heavy atom. The van der Waals surface area contributed by atoms with E-state index in [1.807, 2.05) is 77.8 Å². The van der Waals surface area contributed by atoms with Crippen LogP contribution in [0.4, 0.5) is 0 Å². The largest absolute Gasteiger partial charge is 0.462 e. The molecule has 3 aromatic rings. The molecule has 1 aliphatic rings. The maximum atomic E-state index is 13.6. The Labute approximate surface area is 182 Å². The van der Waals surface area contributed by atoms with Crippen molar-refractivity contribution in [3.8, 4) is 0 Å². The Morgan fingerprint density at radius 2 is 1.48 bits per heavy atom. The van der Waals surface area contributed by atoms with Crippen molar-refractivity contribution in [2.75, 3.05) is 6.61 Å². The number of hydrogen-bond donors (Lipinski definition) is 0. The third kappa shape index (κ3) is 4.33. The topological polar surface area (TPSA) is 46.6 Å². The summed E-state index contributed by atoms with van der Waals surface area (Å²) in [4.78, 5) is 28.6. The molecule has 0 N–H and O–H groups in total. The van der Waals surface area contributed by atoms with Crippen molar-refractivity contribution < 1.29 is 14.3 Å². The number of nitrogens with zero attached hydrogens (tertiary/aromatic N) is 1. The molecule has 3 aromatic carbocycles. The van der Waals surface area contributed by atoms with Gasteiger partial charge in [0.05, 0.1) is 12.3 Å². The van der Waals surface area contributed by atoms with Gasteiger partial charge in [-0.05, 0) is 24.1 Å². The summed E-state index contributed by atoms with van der Waals surface area (Å²) in [7, 11) is 0. The van der Waals surface area contributed by atoms with Gasteiger partial charge in [0.2, 0.25) is 5.78 Å². The Hall–Kier alpha value is -3.92. The van der Waals surface area contributed by atoms with Gasteiger partial charge in [0.25, 0.3) is 0 Å². The highest BCUT2D eigenvalue weighted by molar-refractivity contribution is 6.28. The van der Waals surface area contributed by atoms with Crippen LogP contribution in [0.3, 0.4) is 0 Å². The zero-order chi connectivity index (χ0) is 21.6. The molecule has 0 saturated carbocycles. The van der Waals surface area contributed by atoms with Crippen LogP contribution in [0.25, 0.3) is 11.8 Å². The Bertz CT molecular complexity index is 1150. The fourth-order valence-electron chi connectivity index (χ4n) is 3.68. The molecule has 0 aliphatic carbocycles. The molecule has 154 valence electrons. The lowest BCUT2D eigenvalue weighted by Gasteiger charge is -2.30. The van der Waals surface area contributed by atoms with E-state index in [2.05, 4.69) is 0 Å². The second kappa shape index (κ2) is 9.26. The smallest absolute Gasteiger partial charge is 0.344 e. The van der Waals surface area contributed by atoms with Gasteiger partial charge in [-0.15, -0.1) is 0 Å². The number of carbonyl (C=O) groups excluding carboxylic acids is 2. The van der Waals surface area contributed by atoms with E-state index in [-0.39, 0.29) is 18.0 Å². The number of rotatable bonds is 6. The minimum absolute atomic E-state index is 0.0424. The van der Waals surface area contributed by atoms with Gasteiger partial charge < -0.3 is 9.64 Å². The molecule has 0 atom stereocenters. The van der Waals surface area contributed by atoms with Crippen LogP contribution >= 0.6 is 0 Å². The molecular weight excluding hydrogens is 386 g/mol. The summed E-state index contributed by atoms with van der Waals surface area (Å²) in [5.41, 5.74) is 3.90. The van der Waals surface area contributed by atoms with Gasteiger partial charge in [-0.3, -0.25) is 4.79 Å². The molecule has 4 heteroatoms. The third-order valence-corrected chi connectivity index (χ3v) is 5.11. The van der Waals surface area contributed by atoms with Crippen LogP contribution in [0.1, 0.15) is 34.0 Å². The summed E-state index contributed by atoms with van der Waals surface area (Å²) in [5.74, 6) is -0.966. The summed E-state index contributed by atoms with van der Waals surface area (Å²) in [6.07, 6.45) is 3.92. The molecule has 31 heavy (non-hydrogen) atoms. The maximum absolute atomic E-state index is 13.6. The SMILES string of the molecule is CCOC(=O)/C(C(=O)c1ccccc1)=C1/c2ccccc2C=CN1Cc1ccccc1. The third-order valence-electron chi connectivity index (χ3n) is 5.11. The predicted octanol–water partition coefficient (Wildman–Crippen LogP) is 5.33. The lowest BCUT2D eigenvalue weighted by atomic mass is 9.92. The lowest BCUT2D eigenvalue weighted by molar-refractivity contribution is -0.138. The van der Waals surface area contributed by atoms with Crippen LogP contribution < -0.4 is 0 Å². The van der Waals surface area contributed by atoms with Crippen molar-refractivity contribution in [1.29, 1.82) is 0 Å². The van der Waals surface area contributed by atoms with Crippen molar-refractivity contribution in [2.24, 2.45) is 0 Å². The number of carbonyl (C=O) groups is 2. The molecular formula is C27H23NO3. The molecule has 0 radical (unpaired) electrons. The van der Waals surface area contributed by atoms with Crippen molar-refractivity contribution in [1.82, 2.24) is 4.90 Å². The molecule has 4 rings (SSSR count). The summed E-state index contributed by atoms with van der Waals surface area (Å²) in [6.45, 7) is 2.45. The van der Waals surface area contributed by atoms with E-state index in [1.54, 1.807) is 31.2 Å². The summed E-state index contributed by atoms with van der Waals surface area (Å²) < 4.78 is 5.35. The van der Waals surface area contributed by atoms with E-state index in [9.17, 15) is 9.59 Å². The van der Waals surface area contributed by atoms with E-state index >= 15 is 0 Å². The monoisotopic (exact) mass is 409 g/mol. The second-order valence-electron chi connectivity index (χ2n) is 7.16. The summed E-state index contributed by atoms with van der Waals surface area (Å²) >= 11 is 0. The van der Waals surface area contributed by atoms with E-state index in [4.69, 9.17) is 4.74 Å². The Morgan fingerprint density at radius 3 is 2.19 bits per heavy atom. The summed E-state index contributed by atoms with van der Waals surface area (Å²) in [6, 6.07) is 26.6. The number of benzene rings is 3. The molecule has 0 spiro atoms. The van der Waals surface area contributed by atoms with Gasteiger partial charge in [-0.2, -0.15) is 0 Å². The lowest BCUT2D eigenvalue weighted by Crippen LogP contribution is -2.27. The first-order chi connectivity index (χ1) is 15.2. The van der Waals surface area contributed by atoms with E-state index in [1.165, 1.54) is 0 Å². The average Bonchev–Trinajstić information content (AvgIpc) is 2.82. The van der Waals surface area contributed by atoms with Crippen molar-refractivity contribution in [3.05, 3.63) is 119 Å². The minimum atomic E-state index is -0.616. The predicted molar refractivity (Wildman–Crippen MR) is 122 cm³/mol. The zero-order valence-electron chi connectivity index (χ0n) is 17.3. The van der Waals surface area contributed by atoms with Gasteiger partial charge in [0, 0.05) is 23.9 Å². The van der Waals surface area contributed by atoms with Crippen molar-refractivity contribution in [3.63, 3.8) is 0 Å². The molecule has 0 amide bonds. The van der Waals surface area contributed by atoms with Crippen LogP contribution in [-0.2, 0) is 16.1 Å². The highest BCUT2D eigenvalue weighted by Crippen LogP contribution is 2.34. The number of ketones is 1. The van der Waals surface area contributed by atoms with Crippen LogP contribution in [0.2, 0.25) is 0 Å². The van der Waals surface area contributed by atoms with Crippen LogP contribution in [-0.4, -0.2) is 23.3 Å². The van der Waals surface area contributed by atoms with E-state index in [0.29, 0.717) is 17.8 Å². The zero-order valence-corrected chi connectivity index (χ0v) is 17.3. The maximum Gasteiger partial charge on any atom is 0.344 e. The molecule has 1 aliphatic heterocycles. The van der Waals surface area contributed by atoms with Gasteiger partial charge in [-0.1, -0.05) is 84.9 Å². The van der Waals surface area contributed by atoms with Crippen molar-refractivity contribution in [2.45, 2.75) is 13.5 Å². The first-order valence-corrected chi connectivity index (χ1v) is 10.3. The number of esters is 1. The van der Waals surface area contributed by atoms with Crippen LogP contribution in [0, 0.1) is 0 Å².